The van der Waals surface area contributed by atoms with Gasteiger partial charge in [0.25, 0.3) is 5.91 Å². The molecule has 0 saturated heterocycles. The number of halogens is 3. The van der Waals surface area contributed by atoms with Crippen molar-refractivity contribution in [1.29, 1.82) is 0 Å². The van der Waals surface area contributed by atoms with Crippen LogP contribution in [0.4, 0.5) is 13.2 Å². The average molecular weight is 219 g/mol. The molecule has 0 spiro atoms. The Morgan fingerprint density at radius 1 is 1.20 bits per heavy atom. The van der Waals surface area contributed by atoms with Crippen molar-refractivity contribution in [2.24, 2.45) is 0 Å². The van der Waals surface area contributed by atoms with Crippen molar-refractivity contribution in [2.75, 3.05) is 14.2 Å². The maximum Gasteiger partial charge on any atom is 0.280 e. The van der Waals surface area contributed by atoms with Crippen LogP contribution in [0.3, 0.4) is 0 Å². The zero-order valence-electron chi connectivity index (χ0n) is 8.05. The quantitative estimate of drug-likeness (QED) is 0.560. The molecule has 0 atom stereocenters. The third-order valence-electron chi connectivity index (χ3n) is 1.80. The Hall–Kier alpha value is -1.56. The van der Waals surface area contributed by atoms with Crippen LogP contribution in [0.25, 0.3) is 0 Å². The molecule has 15 heavy (non-hydrogen) atoms. The van der Waals surface area contributed by atoms with Gasteiger partial charge in [-0.3, -0.25) is 9.63 Å². The summed E-state index contributed by atoms with van der Waals surface area (Å²) in [5.74, 6) is -4.66. The highest BCUT2D eigenvalue weighted by Crippen LogP contribution is 2.15. The fraction of sp³-hybridized carbons (Fsp3) is 0.222. The zero-order chi connectivity index (χ0) is 11.6. The standard InChI is InChI=1S/C9H8F3NO2/c1-13(15-2)9(14)5-3-7(11)8(12)4-6(5)10/h3-4H,1-2H3. The summed E-state index contributed by atoms with van der Waals surface area (Å²) >= 11 is 0. The van der Waals surface area contributed by atoms with Crippen LogP contribution < -0.4 is 0 Å². The number of rotatable bonds is 2. The molecular weight excluding hydrogens is 211 g/mol. The molecule has 1 aromatic rings. The average Bonchev–Trinajstić information content (AvgIpc) is 2.21. The van der Waals surface area contributed by atoms with Gasteiger partial charge in [-0.05, 0) is 6.07 Å². The molecular formula is C9H8F3NO2. The summed E-state index contributed by atoms with van der Waals surface area (Å²) in [7, 11) is 2.42. The van der Waals surface area contributed by atoms with Crippen molar-refractivity contribution >= 4 is 5.91 Å². The molecule has 1 amide bonds. The van der Waals surface area contributed by atoms with E-state index in [1.54, 1.807) is 0 Å². The summed E-state index contributed by atoms with van der Waals surface area (Å²) in [6.07, 6.45) is 0. The SMILES string of the molecule is CON(C)C(=O)c1cc(F)c(F)cc1F. The minimum Gasteiger partial charge on any atom is -0.274 e. The highest BCUT2D eigenvalue weighted by atomic mass is 19.2. The van der Waals surface area contributed by atoms with E-state index in [0.717, 1.165) is 0 Å². The first-order valence-corrected chi connectivity index (χ1v) is 3.94. The van der Waals surface area contributed by atoms with E-state index >= 15 is 0 Å². The van der Waals surface area contributed by atoms with Gasteiger partial charge in [0.1, 0.15) is 5.82 Å². The second-order valence-corrected chi connectivity index (χ2v) is 2.73. The second kappa shape index (κ2) is 4.31. The molecule has 0 heterocycles. The predicted molar refractivity (Wildman–Crippen MR) is 45.4 cm³/mol. The smallest absolute Gasteiger partial charge is 0.274 e. The first-order valence-electron chi connectivity index (χ1n) is 3.94. The van der Waals surface area contributed by atoms with Crippen LogP contribution in [-0.4, -0.2) is 25.1 Å². The Kier molecular flexibility index (Phi) is 3.31. The normalized spacial score (nSPS) is 10.2. The molecule has 6 heteroatoms. The molecule has 1 aromatic carbocycles. The minimum atomic E-state index is -1.34. The molecule has 1 rings (SSSR count). The van der Waals surface area contributed by atoms with E-state index in [9.17, 15) is 18.0 Å². The largest absolute Gasteiger partial charge is 0.280 e. The molecule has 0 bridgehead atoms. The third-order valence-corrected chi connectivity index (χ3v) is 1.80. The minimum absolute atomic E-state index is 0.312. The van der Waals surface area contributed by atoms with Gasteiger partial charge in [-0.25, -0.2) is 18.2 Å². The van der Waals surface area contributed by atoms with E-state index in [1.807, 2.05) is 0 Å². The summed E-state index contributed by atoms with van der Waals surface area (Å²) in [6, 6.07) is 0.800. The van der Waals surface area contributed by atoms with Gasteiger partial charge in [-0.15, -0.1) is 0 Å². The lowest BCUT2D eigenvalue weighted by Crippen LogP contribution is -2.26. The number of hydrogen-bond donors (Lipinski definition) is 0. The fourth-order valence-corrected chi connectivity index (χ4v) is 0.939. The third kappa shape index (κ3) is 2.27. The van der Waals surface area contributed by atoms with E-state index in [1.165, 1.54) is 14.2 Å². The van der Waals surface area contributed by atoms with Gasteiger partial charge >= 0.3 is 0 Å². The van der Waals surface area contributed by atoms with Crippen LogP contribution in [0.1, 0.15) is 10.4 Å². The molecule has 3 nitrogen and oxygen atoms in total. The van der Waals surface area contributed by atoms with Gasteiger partial charge < -0.3 is 0 Å². The number of benzene rings is 1. The Bertz CT molecular complexity index is 395. The van der Waals surface area contributed by atoms with Crippen LogP contribution in [0.5, 0.6) is 0 Å². The first-order chi connectivity index (χ1) is 6.97. The highest BCUT2D eigenvalue weighted by Gasteiger charge is 2.19. The van der Waals surface area contributed by atoms with E-state index < -0.39 is 28.9 Å². The molecule has 0 fully saturated rings. The summed E-state index contributed by atoms with van der Waals surface area (Å²) in [5, 5.41) is 0.704. The second-order valence-electron chi connectivity index (χ2n) is 2.73. The predicted octanol–water partition coefficient (Wildman–Crippen LogP) is 1.74. The van der Waals surface area contributed by atoms with Gasteiger partial charge in [-0.1, -0.05) is 0 Å². The molecule has 0 aromatic heterocycles. The fourth-order valence-electron chi connectivity index (χ4n) is 0.939. The molecule has 0 radical (unpaired) electrons. The van der Waals surface area contributed by atoms with E-state index in [0.29, 0.717) is 17.2 Å². The molecule has 82 valence electrons. The van der Waals surface area contributed by atoms with Crippen molar-refractivity contribution in [3.05, 3.63) is 35.1 Å². The van der Waals surface area contributed by atoms with Crippen LogP contribution in [-0.2, 0) is 4.84 Å². The van der Waals surface area contributed by atoms with Gasteiger partial charge in [0.15, 0.2) is 11.6 Å². The van der Waals surface area contributed by atoms with Crippen LogP contribution in [0, 0.1) is 17.5 Å². The van der Waals surface area contributed by atoms with E-state index in [2.05, 4.69) is 4.84 Å². The molecule has 0 N–H and O–H groups in total. The number of nitrogens with zero attached hydrogens (tertiary/aromatic N) is 1. The van der Waals surface area contributed by atoms with Crippen molar-refractivity contribution < 1.29 is 22.8 Å². The van der Waals surface area contributed by atoms with Gasteiger partial charge in [0.2, 0.25) is 0 Å². The Labute approximate surface area is 84.0 Å². The summed E-state index contributed by atoms with van der Waals surface area (Å²) in [6.45, 7) is 0. The van der Waals surface area contributed by atoms with Crippen molar-refractivity contribution in [2.45, 2.75) is 0 Å². The lowest BCUT2D eigenvalue weighted by atomic mass is 10.2. The summed E-state index contributed by atoms with van der Waals surface area (Å²) in [4.78, 5) is 15.8. The van der Waals surface area contributed by atoms with E-state index in [4.69, 9.17) is 0 Å². The maximum atomic E-state index is 13.1. The molecule has 0 unspecified atom stereocenters. The summed E-state index contributed by atoms with van der Waals surface area (Å²) in [5.41, 5.74) is -0.585. The number of carbonyl (C=O) groups excluding carboxylic acids is 1. The molecule has 0 aliphatic carbocycles. The van der Waals surface area contributed by atoms with Gasteiger partial charge in [-0.2, -0.15) is 0 Å². The summed E-state index contributed by atoms with van der Waals surface area (Å²) < 4.78 is 38.3. The molecule has 0 saturated carbocycles. The van der Waals surface area contributed by atoms with Crippen LogP contribution >= 0.6 is 0 Å². The maximum absolute atomic E-state index is 13.1. The monoisotopic (exact) mass is 219 g/mol. The Morgan fingerprint density at radius 3 is 2.27 bits per heavy atom. The Morgan fingerprint density at radius 2 is 1.73 bits per heavy atom. The topological polar surface area (TPSA) is 29.5 Å². The number of carbonyl (C=O) groups is 1. The van der Waals surface area contributed by atoms with Gasteiger partial charge in [0, 0.05) is 13.1 Å². The molecule has 0 aliphatic heterocycles. The lowest BCUT2D eigenvalue weighted by Gasteiger charge is -2.13. The Balaban J connectivity index is 3.15. The number of hydroxylamine groups is 2. The van der Waals surface area contributed by atoms with Crippen LogP contribution in [0.2, 0.25) is 0 Å². The van der Waals surface area contributed by atoms with Crippen LogP contribution in [0.15, 0.2) is 12.1 Å². The lowest BCUT2D eigenvalue weighted by molar-refractivity contribution is -0.0759. The first kappa shape index (κ1) is 11.5. The molecule has 0 aliphatic rings. The number of hydrogen-bond acceptors (Lipinski definition) is 2. The van der Waals surface area contributed by atoms with Crippen molar-refractivity contribution in [1.82, 2.24) is 5.06 Å². The van der Waals surface area contributed by atoms with Gasteiger partial charge in [0.05, 0.1) is 12.7 Å². The number of amides is 1. The van der Waals surface area contributed by atoms with Crippen molar-refractivity contribution in [3.63, 3.8) is 0 Å². The highest BCUT2D eigenvalue weighted by molar-refractivity contribution is 5.93. The van der Waals surface area contributed by atoms with E-state index in [-0.39, 0.29) is 0 Å². The van der Waals surface area contributed by atoms with Crippen molar-refractivity contribution in [3.8, 4) is 0 Å². The zero-order valence-corrected chi connectivity index (χ0v) is 8.05.